The topological polar surface area (TPSA) is 35.5 Å². The Hall–Kier alpha value is -3.01. The smallest absolute Gasteiger partial charge is 0.188 e. The first-order valence-electron chi connectivity index (χ1n) is 12.8. The fourth-order valence-corrected chi connectivity index (χ4v) is 7.01. The van der Waals surface area contributed by atoms with Crippen molar-refractivity contribution in [3.8, 4) is 0 Å². The van der Waals surface area contributed by atoms with Gasteiger partial charge in [0.25, 0.3) is 0 Å². The zero-order valence-electron chi connectivity index (χ0n) is 20.2. The molecule has 0 amide bonds. The monoisotopic (exact) mass is 464 g/mol. The minimum atomic E-state index is -0.792. The van der Waals surface area contributed by atoms with E-state index in [1.54, 1.807) is 6.08 Å². The van der Waals surface area contributed by atoms with Crippen molar-refractivity contribution in [2.24, 2.45) is 11.3 Å². The molecule has 6 rings (SSSR count). The number of ether oxygens (including phenoxy) is 2. The molecule has 3 heteroatoms. The lowest BCUT2D eigenvalue weighted by molar-refractivity contribution is -0.178. The normalized spacial score (nSPS) is 29.7. The zero-order chi connectivity index (χ0) is 23.9. The molecule has 2 bridgehead atoms. The quantitative estimate of drug-likeness (QED) is 0.392. The van der Waals surface area contributed by atoms with Crippen LogP contribution in [-0.4, -0.2) is 24.1 Å². The first kappa shape index (κ1) is 22.5. The molecular weight excluding hydrogens is 432 g/mol. The second-order valence-corrected chi connectivity index (χ2v) is 10.6. The Balaban J connectivity index is 1.46. The summed E-state index contributed by atoms with van der Waals surface area (Å²) in [6.07, 6.45) is 7.71. The van der Waals surface area contributed by atoms with Gasteiger partial charge >= 0.3 is 0 Å². The minimum absolute atomic E-state index is 0.000730. The first-order valence-corrected chi connectivity index (χ1v) is 12.8. The largest absolute Gasteiger partial charge is 0.360 e. The summed E-state index contributed by atoms with van der Waals surface area (Å²) in [5.41, 5.74) is 1.50. The lowest BCUT2D eigenvalue weighted by Crippen LogP contribution is -2.59. The van der Waals surface area contributed by atoms with Crippen LogP contribution in [0.3, 0.4) is 0 Å². The van der Waals surface area contributed by atoms with E-state index in [2.05, 4.69) is 79.7 Å². The molecule has 0 unspecified atom stereocenters. The van der Waals surface area contributed by atoms with Gasteiger partial charge in [0.1, 0.15) is 11.2 Å². The minimum Gasteiger partial charge on any atom is -0.360 e. The molecule has 1 saturated carbocycles. The van der Waals surface area contributed by atoms with Crippen LogP contribution in [-0.2, 0) is 19.9 Å². The van der Waals surface area contributed by atoms with Gasteiger partial charge in [-0.15, -0.1) is 0 Å². The number of benzene rings is 3. The van der Waals surface area contributed by atoms with Gasteiger partial charge in [-0.25, -0.2) is 0 Å². The van der Waals surface area contributed by atoms with E-state index in [9.17, 15) is 4.79 Å². The number of carbonyl (C=O) groups is 1. The molecule has 0 aromatic heterocycles. The molecule has 3 aliphatic rings. The van der Waals surface area contributed by atoms with Gasteiger partial charge in [0.05, 0.1) is 12.7 Å². The zero-order valence-corrected chi connectivity index (χ0v) is 20.2. The SMILES string of the molecule is C[C@@]12CCC[C@H](COC(c3ccccc3)(c3ccccc3)c3ccccc3)[C@]13O[C@@H](C=CC3=O)C2. The van der Waals surface area contributed by atoms with Gasteiger partial charge in [-0.05, 0) is 42.0 Å². The Morgan fingerprint density at radius 1 is 0.886 bits per heavy atom. The maximum absolute atomic E-state index is 13.5. The lowest BCUT2D eigenvalue weighted by atomic mass is 9.58. The van der Waals surface area contributed by atoms with Gasteiger partial charge in [-0.2, -0.15) is 0 Å². The highest BCUT2D eigenvalue weighted by Crippen LogP contribution is 2.60. The Morgan fingerprint density at radius 2 is 1.43 bits per heavy atom. The second kappa shape index (κ2) is 8.58. The molecule has 4 atom stereocenters. The summed E-state index contributed by atoms with van der Waals surface area (Å²) < 4.78 is 13.7. The van der Waals surface area contributed by atoms with Crippen molar-refractivity contribution >= 4 is 5.78 Å². The van der Waals surface area contributed by atoms with Crippen LogP contribution in [0, 0.1) is 11.3 Å². The first-order chi connectivity index (χ1) is 17.1. The van der Waals surface area contributed by atoms with E-state index in [4.69, 9.17) is 9.47 Å². The highest BCUT2D eigenvalue weighted by atomic mass is 16.5. The van der Waals surface area contributed by atoms with Crippen LogP contribution in [0.4, 0.5) is 0 Å². The molecule has 2 fully saturated rings. The van der Waals surface area contributed by atoms with Gasteiger partial charge in [0.2, 0.25) is 0 Å². The van der Waals surface area contributed by atoms with Crippen LogP contribution in [0.2, 0.25) is 0 Å². The van der Waals surface area contributed by atoms with E-state index in [1.807, 2.05) is 24.3 Å². The van der Waals surface area contributed by atoms with Crippen LogP contribution < -0.4 is 0 Å². The van der Waals surface area contributed by atoms with Crippen molar-refractivity contribution in [3.63, 3.8) is 0 Å². The highest BCUT2D eigenvalue weighted by molar-refractivity contribution is 5.99. The summed E-state index contributed by atoms with van der Waals surface area (Å²) in [7, 11) is 0. The molecule has 1 aliphatic carbocycles. The summed E-state index contributed by atoms with van der Waals surface area (Å²) in [4.78, 5) is 13.5. The third-order valence-corrected chi connectivity index (χ3v) is 8.61. The van der Waals surface area contributed by atoms with Crippen LogP contribution in [0.15, 0.2) is 103 Å². The summed E-state index contributed by atoms with van der Waals surface area (Å²) in [6.45, 7) is 2.70. The van der Waals surface area contributed by atoms with Gasteiger partial charge in [0.15, 0.2) is 5.78 Å². The Kier molecular flexibility index (Phi) is 5.51. The third-order valence-electron chi connectivity index (χ3n) is 8.61. The Morgan fingerprint density at radius 3 is 1.97 bits per heavy atom. The van der Waals surface area contributed by atoms with E-state index >= 15 is 0 Å². The number of hydrogen-bond acceptors (Lipinski definition) is 3. The fraction of sp³-hybridized carbons (Fsp3) is 0.344. The predicted molar refractivity (Wildman–Crippen MR) is 137 cm³/mol. The van der Waals surface area contributed by atoms with Crippen molar-refractivity contribution in [1.82, 2.24) is 0 Å². The highest BCUT2D eigenvalue weighted by Gasteiger charge is 2.66. The molecule has 0 N–H and O–H groups in total. The molecule has 178 valence electrons. The number of hydrogen-bond donors (Lipinski definition) is 0. The molecule has 2 heterocycles. The average Bonchev–Trinajstić information content (AvgIpc) is 3.17. The van der Waals surface area contributed by atoms with E-state index < -0.39 is 11.2 Å². The van der Waals surface area contributed by atoms with Crippen molar-refractivity contribution in [2.45, 2.75) is 49.9 Å². The molecule has 35 heavy (non-hydrogen) atoms. The summed E-state index contributed by atoms with van der Waals surface area (Å²) in [5.74, 6) is 0.117. The Labute approximate surface area is 207 Å². The molecule has 1 saturated heterocycles. The van der Waals surface area contributed by atoms with Crippen LogP contribution in [0.25, 0.3) is 0 Å². The van der Waals surface area contributed by atoms with Crippen molar-refractivity contribution < 1.29 is 14.3 Å². The summed E-state index contributed by atoms with van der Waals surface area (Å²) in [6, 6.07) is 31.3. The van der Waals surface area contributed by atoms with Gasteiger partial charge in [-0.3, -0.25) is 4.79 Å². The van der Waals surface area contributed by atoms with Crippen molar-refractivity contribution in [3.05, 3.63) is 120 Å². The van der Waals surface area contributed by atoms with E-state index in [0.29, 0.717) is 6.61 Å². The number of fused-ring (bicyclic) bond motifs is 1. The van der Waals surface area contributed by atoms with Crippen LogP contribution >= 0.6 is 0 Å². The summed E-state index contributed by atoms with van der Waals surface area (Å²) >= 11 is 0. The molecule has 3 aromatic carbocycles. The van der Waals surface area contributed by atoms with Gasteiger partial charge in [0, 0.05) is 11.3 Å². The molecule has 3 nitrogen and oxygen atoms in total. The standard InChI is InChI=1S/C32H32O3/c1-30-21-11-18-27(32(30)29(33)20-19-28(22-30)35-32)23-34-31(24-12-5-2-6-13-24,25-14-7-3-8-15-25)26-16-9-4-10-17-26/h2-10,12-17,19-20,27-28H,11,18,21-23H2,1H3/t27-,28+,30+,32-/m1/s1. The maximum Gasteiger partial charge on any atom is 0.188 e. The number of carbonyl (C=O) groups excluding carboxylic acids is 1. The summed E-state index contributed by atoms with van der Waals surface area (Å²) in [5, 5.41) is 0. The van der Waals surface area contributed by atoms with Crippen molar-refractivity contribution in [1.29, 1.82) is 0 Å². The van der Waals surface area contributed by atoms with E-state index in [-0.39, 0.29) is 23.2 Å². The number of ketones is 1. The third kappa shape index (κ3) is 3.36. The van der Waals surface area contributed by atoms with Crippen LogP contribution in [0.1, 0.15) is 49.3 Å². The molecule has 2 aliphatic heterocycles. The van der Waals surface area contributed by atoms with E-state index in [1.165, 1.54) is 0 Å². The average molecular weight is 465 g/mol. The lowest BCUT2D eigenvalue weighted by Gasteiger charge is -2.50. The van der Waals surface area contributed by atoms with Gasteiger partial charge < -0.3 is 9.47 Å². The maximum atomic E-state index is 13.5. The van der Waals surface area contributed by atoms with E-state index in [0.717, 1.165) is 42.4 Å². The fourth-order valence-electron chi connectivity index (χ4n) is 7.01. The predicted octanol–water partition coefficient (Wildman–Crippen LogP) is 6.47. The molecule has 3 aromatic rings. The molecule has 1 spiro atoms. The molecular formula is C32H32O3. The van der Waals surface area contributed by atoms with Crippen molar-refractivity contribution in [2.75, 3.05) is 6.61 Å². The number of rotatable bonds is 6. The molecule has 0 radical (unpaired) electrons. The van der Waals surface area contributed by atoms with Crippen LogP contribution in [0.5, 0.6) is 0 Å². The second-order valence-electron chi connectivity index (χ2n) is 10.6. The Bertz CT molecular complexity index is 1120. The van der Waals surface area contributed by atoms with Gasteiger partial charge in [-0.1, -0.05) is 110 Å².